The Hall–Kier alpha value is -5.44. The third-order valence-corrected chi connectivity index (χ3v) is 11.2. The maximum Gasteiger partial charge on any atom is 0.343 e. The fourth-order valence-corrected chi connectivity index (χ4v) is 7.26. The molecule has 0 saturated heterocycles. The Morgan fingerprint density at radius 2 is 0.797 bits per heavy atom. The Morgan fingerprint density at radius 3 is 1.16 bits per heavy atom. The van der Waals surface area contributed by atoms with Crippen LogP contribution in [0.5, 0.6) is 23.0 Å². The number of hydrogen-bond acceptors (Lipinski definition) is 8. The van der Waals surface area contributed by atoms with E-state index < -0.39 is 11.9 Å². The van der Waals surface area contributed by atoms with Crippen LogP contribution in [0.25, 0.3) is 0 Å². The van der Waals surface area contributed by atoms with E-state index in [2.05, 4.69) is 23.8 Å². The number of hydrogen-bond donors (Lipinski definition) is 0. The monoisotopic (exact) mass is 904 g/mol. The number of rotatable bonds is 28. The van der Waals surface area contributed by atoms with E-state index >= 15 is 0 Å². The SMILES string of the molecule is CCCCCCCCCCOc1ccc(N=Cc2ccc(C(=O)Oc3cc(OC(=O)c4ccc(C=Nc5ccc(OCCCCCCCCCC)cc5)cc4)c(Cl)cc3Cl)cc2)cc1. The van der Waals surface area contributed by atoms with Crippen LogP contribution in [-0.4, -0.2) is 37.6 Å². The third-order valence-electron chi connectivity index (χ3n) is 10.6. The molecule has 0 heterocycles. The molecule has 5 aromatic carbocycles. The smallest absolute Gasteiger partial charge is 0.343 e. The van der Waals surface area contributed by atoms with E-state index in [1.54, 1.807) is 61.0 Å². The summed E-state index contributed by atoms with van der Waals surface area (Å²) in [6.45, 7) is 5.91. The number of carbonyl (C=O) groups excluding carboxylic acids is 2. The van der Waals surface area contributed by atoms with Gasteiger partial charge in [0.1, 0.15) is 11.5 Å². The van der Waals surface area contributed by atoms with Gasteiger partial charge in [0.05, 0.1) is 45.8 Å². The fraction of sp³-hybridized carbons (Fsp3) is 0.370. The van der Waals surface area contributed by atoms with Crippen LogP contribution in [0.3, 0.4) is 0 Å². The second kappa shape index (κ2) is 28.4. The Bertz CT molecular complexity index is 2050. The van der Waals surface area contributed by atoms with E-state index in [1.807, 2.05) is 48.5 Å². The van der Waals surface area contributed by atoms with Gasteiger partial charge in [-0.1, -0.05) is 151 Å². The van der Waals surface area contributed by atoms with Crippen molar-refractivity contribution >= 4 is 58.9 Å². The zero-order valence-corrected chi connectivity index (χ0v) is 38.9. The van der Waals surface area contributed by atoms with Crippen molar-refractivity contribution in [3.63, 3.8) is 0 Å². The van der Waals surface area contributed by atoms with Crippen LogP contribution in [0, 0.1) is 0 Å². The standard InChI is InChI=1S/C54H62Cl2N2O6/c1-3-5-7-9-11-13-15-17-35-61-47-31-27-45(28-32-47)57-39-41-19-23-43(24-20-41)53(59)63-51-38-52(50(56)37-49(51)55)64-54(60)44-25-21-42(22-26-44)40-58-46-29-33-48(34-30-46)62-36-18-16-14-12-10-8-6-4-2/h19-34,37-40H,3-18,35-36H2,1-2H3. The molecule has 0 spiro atoms. The molecule has 0 aromatic heterocycles. The van der Waals surface area contributed by atoms with Crippen molar-refractivity contribution in [1.82, 2.24) is 0 Å². The summed E-state index contributed by atoms with van der Waals surface area (Å²) in [5.41, 5.74) is 3.74. The summed E-state index contributed by atoms with van der Waals surface area (Å²) in [6.07, 6.45) is 23.7. The van der Waals surface area contributed by atoms with Crippen LogP contribution in [0.1, 0.15) is 148 Å². The van der Waals surface area contributed by atoms with E-state index in [1.165, 1.54) is 102 Å². The summed E-state index contributed by atoms with van der Waals surface area (Å²) in [5, 5.41) is 0.159. The number of nitrogens with zero attached hydrogens (tertiary/aromatic N) is 2. The molecular weight excluding hydrogens is 844 g/mol. The van der Waals surface area contributed by atoms with Crippen LogP contribution in [0.4, 0.5) is 11.4 Å². The number of esters is 2. The minimum atomic E-state index is -0.650. The van der Waals surface area contributed by atoms with E-state index in [9.17, 15) is 9.59 Å². The Morgan fingerprint density at radius 1 is 0.453 bits per heavy atom. The summed E-state index contributed by atoms with van der Waals surface area (Å²) in [4.78, 5) is 35.3. The highest BCUT2D eigenvalue weighted by atomic mass is 35.5. The summed E-state index contributed by atoms with van der Waals surface area (Å²) in [5.74, 6) is 0.340. The van der Waals surface area contributed by atoms with Gasteiger partial charge in [-0.25, -0.2) is 9.59 Å². The molecule has 64 heavy (non-hydrogen) atoms. The number of unbranched alkanes of at least 4 members (excludes halogenated alkanes) is 14. The minimum Gasteiger partial charge on any atom is -0.494 e. The van der Waals surface area contributed by atoms with Crippen molar-refractivity contribution in [2.45, 2.75) is 117 Å². The second-order valence-corrected chi connectivity index (χ2v) is 16.7. The molecule has 8 nitrogen and oxygen atoms in total. The zero-order chi connectivity index (χ0) is 45.2. The lowest BCUT2D eigenvalue weighted by molar-refractivity contribution is 0.0733. The van der Waals surface area contributed by atoms with Crippen molar-refractivity contribution < 1.29 is 28.5 Å². The lowest BCUT2D eigenvalue weighted by atomic mass is 10.1. The van der Waals surface area contributed by atoms with Crippen LogP contribution in [-0.2, 0) is 0 Å². The van der Waals surface area contributed by atoms with Gasteiger partial charge in [-0.15, -0.1) is 0 Å². The Labute approximate surface area is 390 Å². The lowest BCUT2D eigenvalue weighted by Gasteiger charge is -2.11. The molecule has 0 amide bonds. The molecular formula is C54H62Cl2N2O6. The summed E-state index contributed by atoms with van der Waals surface area (Å²) < 4.78 is 23.0. The van der Waals surface area contributed by atoms with Gasteiger partial charge in [0.2, 0.25) is 0 Å². The van der Waals surface area contributed by atoms with Gasteiger partial charge >= 0.3 is 11.9 Å². The predicted octanol–water partition coefficient (Wildman–Crippen LogP) is 16.0. The van der Waals surface area contributed by atoms with Crippen molar-refractivity contribution in [2.24, 2.45) is 9.98 Å². The van der Waals surface area contributed by atoms with Crippen LogP contribution >= 0.6 is 23.2 Å². The van der Waals surface area contributed by atoms with Crippen LogP contribution in [0.15, 0.2) is 119 Å². The number of ether oxygens (including phenoxy) is 4. The Kier molecular flexibility index (Phi) is 22.0. The molecule has 0 fully saturated rings. The van der Waals surface area contributed by atoms with Gasteiger partial charge in [0, 0.05) is 18.5 Å². The second-order valence-electron chi connectivity index (χ2n) is 15.9. The van der Waals surface area contributed by atoms with Gasteiger partial charge in [0.25, 0.3) is 0 Å². The molecule has 0 atom stereocenters. The average Bonchev–Trinajstić information content (AvgIpc) is 3.31. The fourth-order valence-electron chi connectivity index (χ4n) is 6.80. The minimum absolute atomic E-state index is 0.00982. The summed E-state index contributed by atoms with van der Waals surface area (Å²) in [6, 6.07) is 31.6. The lowest BCUT2D eigenvalue weighted by Crippen LogP contribution is -2.11. The maximum absolute atomic E-state index is 13.1. The first-order chi connectivity index (χ1) is 31.3. The molecule has 0 unspecified atom stereocenters. The molecule has 0 aliphatic carbocycles. The molecule has 0 saturated carbocycles. The molecule has 0 aliphatic rings. The first-order valence-electron chi connectivity index (χ1n) is 23.0. The number of carbonyl (C=O) groups is 2. The normalized spacial score (nSPS) is 11.3. The van der Waals surface area contributed by atoms with Gasteiger partial charge in [-0.3, -0.25) is 9.98 Å². The van der Waals surface area contributed by atoms with Crippen LogP contribution in [0.2, 0.25) is 10.0 Å². The largest absolute Gasteiger partial charge is 0.494 e. The quantitative estimate of drug-likeness (QED) is 0.0215. The topological polar surface area (TPSA) is 95.8 Å². The average molecular weight is 906 g/mol. The molecule has 5 aromatic rings. The highest BCUT2D eigenvalue weighted by Gasteiger charge is 2.18. The molecule has 10 heteroatoms. The highest BCUT2D eigenvalue weighted by Crippen LogP contribution is 2.37. The van der Waals surface area contributed by atoms with E-state index in [0.717, 1.165) is 46.8 Å². The van der Waals surface area contributed by atoms with E-state index in [-0.39, 0.29) is 21.5 Å². The third kappa shape index (κ3) is 18.0. The van der Waals surface area contributed by atoms with Crippen molar-refractivity contribution in [3.05, 3.63) is 141 Å². The first-order valence-corrected chi connectivity index (χ1v) is 23.7. The van der Waals surface area contributed by atoms with E-state index in [0.29, 0.717) is 24.3 Å². The first kappa shape index (κ1) is 49.6. The predicted molar refractivity (Wildman–Crippen MR) is 263 cm³/mol. The van der Waals surface area contributed by atoms with Crippen molar-refractivity contribution in [1.29, 1.82) is 0 Å². The van der Waals surface area contributed by atoms with Gasteiger partial charge in [-0.2, -0.15) is 0 Å². The Balaban J connectivity index is 1.04. The van der Waals surface area contributed by atoms with Crippen LogP contribution < -0.4 is 18.9 Å². The number of benzene rings is 5. The molecule has 5 rings (SSSR count). The summed E-state index contributed by atoms with van der Waals surface area (Å²) >= 11 is 12.8. The van der Waals surface area contributed by atoms with Gasteiger partial charge < -0.3 is 18.9 Å². The molecule has 0 aliphatic heterocycles. The van der Waals surface area contributed by atoms with Crippen molar-refractivity contribution in [2.75, 3.05) is 13.2 Å². The number of aliphatic imine (C=N–C) groups is 2. The maximum atomic E-state index is 13.1. The van der Waals surface area contributed by atoms with Gasteiger partial charge in [-0.05, 0) is 103 Å². The molecule has 0 radical (unpaired) electrons. The highest BCUT2D eigenvalue weighted by molar-refractivity contribution is 6.36. The molecule has 0 N–H and O–H groups in total. The van der Waals surface area contributed by atoms with E-state index in [4.69, 9.17) is 42.1 Å². The zero-order valence-electron chi connectivity index (χ0n) is 37.4. The molecule has 0 bridgehead atoms. The van der Waals surface area contributed by atoms with Gasteiger partial charge in [0.15, 0.2) is 11.5 Å². The summed E-state index contributed by atoms with van der Waals surface area (Å²) in [7, 11) is 0. The van der Waals surface area contributed by atoms with Crippen molar-refractivity contribution in [3.8, 4) is 23.0 Å². The molecule has 338 valence electrons. The number of halogens is 2.